The number of ether oxygens (including phenoxy) is 1. The molecule has 0 fully saturated rings. The number of unbranched alkanes of at least 4 members (excludes halogenated alkanes) is 19. The summed E-state index contributed by atoms with van der Waals surface area (Å²) in [5.41, 5.74) is 0. The molecular weight excluding hydrogens is 316 g/mol. The van der Waals surface area contributed by atoms with E-state index in [0.29, 0.717) is 0 Å². The minimum atomic E-state index is 0.989. The predicted octanol–water partition coefficient (Wildman–Crippen LogP) is 9.23. The summed E-state index contributed by atoms with van der Waals surface area (Å²) in [6.45, 7) is 6.55. The van der Waals surface area contributed by atoms with Crippen molar-refractivity contribution in [3.05, 3.63) is 0 Å². The van der Waals surface area contributed by atoms with Crippen LogP contribution in [-0.2, 0) is 4.74 Å². The van der Waals surface area contributed by atoms with Gasteiger partial charge in [-0.25, -0.2) is 0 Å². The highest BCUT2D eigenvalue weighted by Crippen LogP contribution is 2.13. The van der Waals surface area contributed by atoms with E-state index in [0.717, 1.165) is 13.2 Å². The first kappa shape index (κ1) is 26.0. The molecule has 0 saturated carbocycles. The van der Waals surface area contributed by atoms with Gasteiger partial charge in [-0.1, -0.05) is 136 Å². The third kappa shape index (κ3) is 24.0. The van der Waals surface area contributed by atoms with Gasteiger partial charge in [0.15, 0.2) is 0 Å². The van der Waals surface area contributed by atoms with Crippen LogP contribution in [0.2, 0.25) is 0 Å². The Balaban J connectivity index is 2.95. The second-order valence-corrected chi connectivity index (χ2v) is 8.33. The van der Waals surface area contributed by atoms with Gasteiger partial charge in [-0.15, -0.1) is 0 Å². The summed E-state index contributed by atoms with van der Waals surface area (Å²) in [5.74, 6) is 0. The van der Waals surface area contributed by atoms with E-state index in [2.05, 4.69) is 13.8 Å². The molecule has 0 saturated heterocycles. The highest BCUT2D eigenvalue weighted by molar-refractivity contribution is 4.50. The monoisotopic (exact) mass is 368 g/mol. The SMILES string of the molecule is CCCCCCCCCCCCCCCCCCOCCCCCCC. The molecule has 0 heterocycles. The second-order valence-electron chi connectivity index (χ2n) is 8.33. The molecule has 0 N–H and O–H groups in total. The Kier molecular flexibility index (Phi) is 24.9. The summed E-state index contributed by atoms with van der Waals surface area (Å²) >= 11 is 0. The Labute approximate surface area is 167 Å². The normalized spacial score (nSPS) is 11.3. The van der Waals surface area contributed by atoms with E-state index >= 15 is 0 Å². The van der Waals surface area contributed by atoms with Gasteiger partial charge in [0.25, 0.3) is 0 Å². The number of rotatable bonds is 23. The minimum absolute atomic E-state index is 0.989. The summed E-state index contributed by atoms with van der Waals surface area (Å²) in [6, 6.07) is 0. The van der Waals surface area contributed by atoms with Crippen LogP contribution in [0, 0.1) is 0 Å². The molecule has 0 radical (unpaired) electrons. The zero-order valence-electron chi connectivity index (χ0n) is 18.7. The lowest BCUT2D eigenvalue weighted by Gasteiger charge is -2.05. The standard InChI is InChI=1S/C25H52O/c1-3-5-7-9-10-11-12-13-14-15-16-17-18-19-21-23-25-26-24-22-20-8-6-4-2/h3-25H2,1-2H3. The Morgan fingerprint density at radius 2 is 0.538 bits per heavy atom. The van der Waals surface area contributed by atoms with Gasteiger partial charge in [-0.3, -0.25) is 0 Å². The molecular formula is C25H52O. The van der Waals surface area contributed by atoms with E-state index in [1.165, 1.54) is 135 Å². The Bertz CT molecular complexity index is 202. The van der Waals surface area contributed by atoms with Crippen molar-refractivity contribution in [2.75, 3.05) is 13.2 Å². The van der Waals surface area contributed by atoms with Crippen molar-refractivity contribution in [2.24, 2.45) is 0 Å². The Hall–Kier alpha value is -0.0400. The molecule has 0 aliphatic carbocycles. The fraction of sp³-hybridized carbons (Fsp3) is 1.00. The highest BCUT2D eigenvalue weighted by atomic mass is 16.5. The lowest BCUT2D eigenvalue weighted by molar-refractivity contribution is 0.125. The van der Waals surface area contributed by atoms with Crippen LogP contribution in [0.5, 0.6) is 0 Å². The zero-order valence-corrected chi connectivity index (χ0v) is 18.7. The fourth-order valence-corrected chi connectivity index (χ4v) is 3.66. The van der Waals surface area contributed by atoms with E-state index in [9.17, 15) is 0 Å². The van der Waals surface area contributed by atoms with E-state index in [-0.39, 0.29) is 0 Å². The van der Waals surface area contributed by atoms with E-state index in [1.54, 1.807) is 0 Å². The molecule has 0 atom stereocenters. The topological polar surface area (TPSA) is 9.23 Å². The fourth-order valence-electron chi connectivity index (χ4n) is 3.66. The van der Waals surface area contributed by atoms with Crippen LogP contribution in [0.3, 0.4) is 0 Å². The van der Waals surface area contributed by atoms with Crippen LogP contribution < -0.4 is 0 Å². The summed E-state index contributed by atoms with van der Waals surface area (Å²) in [6.07, 6.45) is 29.7. The molecule has 26 heavy (non-hydrogen) atoms. The maximum Gasteiger partial charge on any atom is 0.0466 e. The van der Waals surface area contributed by atoms with E-state index in [1.807, 2.05) is 0 Å². The molecule has 1 nitrogen and oxygen atoms in total. The smallest absolute Gasteiger partial charge is 0.0466 e. The molecule has 0 aliphatic heterocycles. The highest BCUT2D eigenvalue weighted by Gasteiger charge is 1.95. The number of hydrogen-bond acceptors (Lipinski definition) is 1. The van der Waals surface area contributed by atoms with Gasteiger partial charge in [-0.05, 0) is 12.8 Å². The lowest BCUT2D eigenvalue weighted by Crippen LogP contribution is -1.97. The van der Waals surface area contributed by atoms with Crippen LogP contribution in [0.4, 0.5) is 0 Å². The van der Waals surface area contributed by atoms with Crippen LogP contribution >= 0.6 is 0 Å². The average molecular weight is 369 g/mol. The maximum absolute atomic E-state index is 5.73. The Morgan fingerprint density at radius 1 is 0.308 bits per heavy atom. The quantitative estimate of drug-likeness (QED) is 0.163. The molecule has 0 aromatic carbocycles. The zero-order chi connectivity index (χ0) is 19.0. The third-order valence-electron chi connectivity index (χ3n) is 5.53. The molecule has 0 aliphatic rings. The van der Waals surface area contributed by atoms with Crippen molar-refractivity contribution in [3.63, 3.8) is 0 Å². The van der Waals surface area contributed by atoms with Crippen molar-refractivity contribution in [3.8, 4) is 0 Å². The molecule has 0 spiro atoms. The van der Waals surface area contributed by atoms with Gasteiger partial charge in [0.1, 0.15) is 0 Å². The first-order valence-corrected chi connectivity index (χ1v) is 12.5. The molecule has 1 heteroatoms. The summed E-state index contributed by atoms with van der Waals surface area (Å²) in [5, 5.41) is 0. The second kappa shape index (κ2) is 25.0. The first-order chi connectivity index (χ1) is 12.9. The molecule has 0 amide bonds. The molecule has 0 unspecified atom stereocenters. The van der Waals surface area contributed by atoms with Crippen LogP contribution in [-0.4, -0.2) is 13.2 Å². The van der Waals surface area contributed by atoms with Gasteiger partial charge in [0.05, 0.1) is 0 Å². The average Bonchev–Trinajstić information content (AvgIpc) is 2.66. The van der Waals surface area contributed by atoms with Gasteiger partial charge in [-0.2, -0.15) is 0 Å². The minimum Gasteiger partial charge on any atom is -0.381 e. The van der Waals surface area contributed by atoms with Gasteiger partial charge < -0.3 is 4.74 Å². The summed E-state index contributed by atoms with van der Waals surface area (Å²) < 4.78 is 5.73. The van der Waals surface area contributed by atoms with Crippen molar-refractivity contribution >= 4 is 0 Å². The summed E-state index contributed by atoms with van der Waals surface area (Å²) in [7, 11) is 0. The van der Waals surface area contributed by atoms with E-state index < -0.39 is 0 Å². The van der Waals surface area contributed by atoms with Gasteiger partial charge in [0.2, 0.25) is 0 Å². The maximum atomic E-state index is 5.73. The molecule has 0 rings (SSSR count). The largest absolute Gasteiger partial charge is 0.381 e. The summed E-state index contributed by atoms with van der Waals surface area (Å²) in [4.78, 5) is 0. The lowest BCUT2D eigenvalue weighted by atomic mass is 10.0. The van der Waals surface area contributed by atoms with Crippen LogP contribution in [0.25, 0.3) is 0 Å². The van der Waals surface area contributed by atoms with Crippen LogP contribution in [0.1, 0.15) is 149 Å². The van der Waals surface area contributed by atoms with Crippen LogP contribution in [0.15, 0.2) is 0 Å². The van der Waals surface area contributed by atoms with Gasteiger partial charge >= 0.3 is 0 Å². The van der Waals surface area contributed by atoms with Gasteiger partial charge in [0, 0.05) is 13.2 Å². The van der Waals surface area contributed by atoms with Crippen molar-refractivity contribution in [1.82, 2.24) is 0 Å². The molecule has 158 valence electrons. The number of hydrogen-bond donors (Lipinski definition) is 0. The Morgan fingerprint density at radius 3 is 0.808 bits per heavy atom. The third-order valence-corrected chi connectivity index (χ3v) is 5.53. The van der Waals surface area contributed by atoms with Crippen molar-refractivity contribution in [2.45, 2.75) is 149 Å². The van der Waals surface area contributed by atoms with E-state index in [4.69, 9.17) is 4.74 Å². The molecule has 0 aromatic heterocycles. The molecule has 0 bridgehead atoms. The van der Waals surface area contributed by atoms with Crippen molar-refractivity contribution < 1.29 is 4.74 Å². The molecule has 0 aromatic rings. The van der Waals surface area contributed by atoms with Crippen molar-refractivity contribution in [1.29, 1.82) is 0 Å². The first-order valence-electron chi connectivity index (χ1n) is 12.5. The predicted molar refractivity (Wildman–Crippen MR) is 119 cm³/mol.